The van der Waals surface area contributed by atoms with Crippen molar-refractivity contribution in [3.63, 3.8) is 0 Å². The van der Waals surface area contributed by atoms with Crippen molar-refractivity contribution in [3.05, 3.63) is 90.0 Å². The van der Waals surface area contributed by atoms with Crippen molar-refractivity contribution < 1.29 is 0 Å². The molecule has 0 saturated heterocycles. The molecule has 0 radical (unpaired) electrons. The van der Waals surface area contributed by atoms with Gasteiger partial charge >= 0.3 is 0 Å². The Hall–Kier alpha value is -4.34. The van der Waals surface area contributed by atoms with E-state index in [2.05, 4.69) is 59.0 Å². The lowest BCUT2D eigenvalue weighted by Crippen LogP contribution is -1.94. The van der Waals surface area contributed by atoms with Crippen molar-refractivity contribution in [2.24, 2.45) is 0 Å². The van der Waals surface area contributed by atoms with E-state index in [0.29, 0.717) is 11.1 Å². The van der Waals surface area contributed by atoms with Crippen molar-refractivity contribution in [1.29, 1.82) is 10.5 Å². The van der Waals surface area contributed by atoms with Crippen molar-refractivity contribution in [2.75, 3.05) is 0 Å². The Morgan fingerprint density at radius 2 is 1.07 bits per heavy atom. The monoisotopic (exact) mass is 367 g/mol. The molecular weight excluding hydrogens is 354 g/mol. The van der Waals surface area contributed by atoms with Crippen LogP contribution in [0.1, 0.15) is 11.1 Å². The molecule has 3 nitrogen and oxygen atoms in total. The van der Waals surface area contributed by atoms with Crippen LogP contribution in [-0.2, 0) is 0 Å². The molecule has 6 aromatic rings. The lowest BCUT2D eigenvalue weighted by molar-refractivity contribution is 1.34. The molecule has 6 rings (SSSR count). The summed E-state index contributed by atoms with van der Waals surface area (Å²) in [5, 5.41) is 25.9. The molecule has 0 aliphatic rings. The third-order valence-electron chi connectivity index (χ3n) is 5.78. The molecule has 0 saturated carbocycles. The molecule has 0 fully saturated rings. The molecule has 2 aromatic heterocycles. The molecule has 0 spiro atoms. The summed E-state index contributed by atoms with van der Waals surface area (Å²) in [6, 6.07) is 31.3. The molecule has 0 bridgehead atoms. The van der Waals surface area contributed by atoms with Crippen LogP contribution in [0.15, 0.2) is 78.9 Å². The molecule has 0 aliphatic heterocycles. The fourth-order valence-electron chi connectivity index (χ4n) is 4.46. The highest BCUT2D eigenvalue weighted by atomic mass is 14.9. The van der Waals surface area contributed by atoms with Gasteiger partial charge in [0.25, 0.3) is 0 Å². The molecule has 2 heterocycles. The second-order valence-corrected chi connectivity index (χ2v) is 7.31. The van der Waals surface area contributed by atoms with Crippen LogP contribution >= 0.6 is 0 Å². The first kappa shape index (κ1) is 15.7. The fourth-order valence-corrected chi connectivity index (χ4v) is 4.46. The summed E-state index contributed by atoms with van der Waals surface area (Å²) in [6.45, 7) is 0. The van der Waals surface area contributed by atoms with E-state index in [0.717, 1.165) is 43.5 Å². The Balaban J connectivity index is 2.00. The predicted molar refractivity (Wildman–Crippen MR) is 117 cm³/mol. The topological polar surface area (TPSA) is 52.0 Å². The average Bonchev–Trinajstić information content (AvgIpc) is 3.17. The molecule has 0 atom stereocenters. The van der Waals surface area contributed by atoms with Crippen LogP contribution in [0.2, 0.25) is 0 Å². The Labute approximate surface area is 166 Å². The fraction of sp³-hybridized carbons (Fsp3) is 0. The van der Waals surface area contributed by atoms with Crippen LogP contribution in [0, 0.1) is 22.7 Å². The summed E-state index contributed by atoms with van der Waals surface area (Å²) >= 11 is 0. The van der Waals surface area contributed by atoms with Gasteiger partial charge < -0.3 is 4.40 Å². The van der Waals surface area contributed by atoms with E-state index < -0.39 is 0 Å². The van der Waals surface area contributed by atoms with Gasteiger partial charge in [-0.3, -0.25) is 0 Å². The Bertz CT molecular complexity index is 1720. The maximum Gasteiger partial charge on any atom is 0.101 e. The number of benzene rings is 4. The Kier molecular flexibility index (Phi) is 3.02. The molecule has 132 valence electrons. The van der Waals surface area contributed by atoms with Gasteiger partial charge in [-0.15, -0.1) is 0 Å². The van der Waals surface area contributed by atoms with Gasteiger partial charge in [0.05, 0.1) is 27.7 Å². The molecule has 0 unspecified atom stereocenters. The molecule has 3 heteroatoms. The summed E-state index contributed by atoms with van der Waals surface area (Å²) in [5.41, 5.74) is 3.95. The number of rotatable bonds is 0. The molecule has 0 aliphatic carbocycles. The third kappa shape index (κ3) is 2.05. The molecule has 0 N–H and O–H groups in total. The summed E-state index contributed by atoms with van der Waals surface area (Å²) in [6.07, 6.45) is 0. The predicted octanol–water partition coefficient (Wildman–Crippen LogP) is 6.30. The van der Waals surface area contributed by atoms with E-state index >= 15 is 0 Å². The molecule has 0 amide bonds. The number of aromatic nitrogens is 1. The van der Waals surface area contributed by atoms with Gasteiger partial charge in [-0.05, 0) is 52.6 Å². The first-order valence-electron chi connectivity index (χ1n) is 9.41. The van der Waals surface area contributed by atoms with E-state index in [1.54, 1.807) is 0 Å². The van der Waals surface area contributed by atoms with Crippen LogP contribution in [0.5, 0.6) is 0 Å². The van der Waals surface area contributed by atoms with Crippen molar-refractivity contribution >= 4 is 48.9 Å². The number of fused-ring (bicyclic) bond motifs is 9. The Morgan fingerprint density at radius 1 is 0.517 bits per heavy atom. The zero-order chi connectivity index (χ0) is 19.5. The largest absolute Gasteiger partial charge is 0.309 e. The molecular formula is C26H13N3. The van der Waals surface area contributed by atoms with Crippen LogP contribution in [-0.4, -0.2) is 4.40 Å². The lowest BCUT2D eigenvalue weighted by atomic mass is 9.97. The molecule has 4 aromatic carbocycles. The standard InChI is InChI=1S/C26H13N3/c27-14-19-11-23-21-9-16-5-1-2-6-17(16)10-22(21)25-12-18-7-3-4-8-24(18)29(25)26(23)13-20(19)15-28/h1-13H. The van der Waals surface area contributed by atoms with Crippen molar-refractivity contribution in [1.82, 2.24) is 4.40 Å². The van der Waals surface area contributed by atoms with Crippen LogP contribution < -0.4 is 0 Å². The number of nitriles is 2. The van der Waals surface area contributed by atoms with Gasteiger partial charge in [-0.2, -0.15) is 10.5 Å². The third-order valence-corrected chi connectivity index (χ3v) is 5.78. The maximum atomic E-state index is 9.59. The van der Waals surface area contributed by atoms with Gasteiger partial charge in [0.15, 0.2) is 0 Å². The second-order valence-electron chi connectivity index (χ2n) is 7.31. The lowest BCUT2D eigenvalue weighted by Gasteiger charge is -2.12. The van der Waals surface area contributed by atoms with Gasteiger partial charge in [-0.1, -0.05) is 42.5 Å². The first-order valence-corrected chi connectivity index (χ1v) is 9.41. The highest BCUT2D eigenvalue weighted by molar-refractivity contribution is 6.19. The van der Waals surface area contributed by atoms with Gasteiger partial charge in [-0.25, -0.2) is 0 Å². The Morgan fingerprint density at radius 3 is 1.79 bits per heavy atom. The quantitative estimate of drug-likeness (QED) is 0.234. The number of hydrogen-bond donors (Lipinski definition) is 0. The van der Waals surface area contributed by atoms with Gasteiger partial charge in [0.2, 0.25) is 0 Å². The summed E-state index contributed by atoms with van der Waals surface area (Å²) < 4.78 is 2.21. The van der Waals surface area contributed by atoms with E-state index in [1.165, 1.54) is 5.39 Å². The maximum absolute atomic E-state index is 9.59. The van der Waals surface area contributed by atoms with Gasteiger partial charge in [0.1, 0.15) is 12.1 Å². The number of hydrogen-bond acceptors (Lipinski definition) is 2. The number of para-hydroxylation sites is 1. The minimum Gasteiger partial charge on any atom is -0.309 e. The minimum absolute atomic E-state index is 0.402. The van der Waals surface area contributed by atoms with Crippen LogP contribution in [0.25, 0.3) is 48.9 Å². The second kappa shape index (κ2) is 5.58. The highest BCUT2D eigenvalue weighted by Gasteiger charge is 2.15. The van der Waals surface area contributed by atoms with Gasteiger partial charge in [0, 0.05) is 16.2 Å². The van der Waals surface area contributed by atoms with E-state index in [4.69, 9.17) is 0 Å². The van der Waals surface area contributed by atoms with Crippen LogP contribution in [0.3, 0.4) is 0 Å². The van der Waals surface area contributed by atoms with Crippen LogP contribution in [0.4, 0.5) is 0 Å². The summed E-state index contributed by atoms with van der Waals surface area (Å²) in [5.74, 6) is 0. The normalized spacial score (nSPS) is 11.4. The highest BCUT2D eigenvalue weighted by Crippen LogP contribution is 2.37. The zero-order valence-electron chi connectivity index (χ0n) is 15.3. The average molecular weight is 367 g/mol. The van der Waals surface area contributed by atoms with E-state index in [1.807, 2.05) is 36.4 Å². The van der Waals surface area contributed by atoms with Crippen molar-refractivity contribution in [2.45, 2.75) is 0 Å². The first-order chi connectivity index (χ1) is 14.3. The SMILES string of the molecule is N#Cc1cc2c3cc4ccccc4cc3c3cc4ccccc4n3c2cc1C#N. The summed E-state index contributed by atoms with van der Waals surface area (Å²) in [7, 11) is 0. The van der Waals surface area contributed by atoms with Crippen molar-refractivity contribution in [3.8, 4) is 12.1 Å². The van der Waals surface area contributed by atoms with E-state index in [9.17, 15) is 10.5 Å². The number of nitrogens with zero attached hydrogens (tertiary/aromatic N) is 3. The van der Waals surface area contributed by atoms with E-state index in [-0.39, 0.29) is 0 Å². The zero-order valence-corrected chi connectivity index (χ0v) is 15.3. The smallest absolute Gasteiger partial charge is 0.101 e. The number of pyridine rings is 1. The summed E-state index contributed by atoms with van der Waals surface area (Å²) in [4.78, 5) is 0. The minimum atomic E-state index is 0.402. The molecule has 29 heavy (non-hydrogen) atoms.